The number of carboxylic acid groups (broad SMARTS) is 1. The molecule has 2 rings (SSSR count). The fraction of sp³-hybridized carbons (Fsp3) is 0.118. The Hall–Kier alpha value is -3.95. The Balaban J connectivity index is 2.34. The van der Waals surface area contributed by atoms with Crippen LogP contribution in [0.3, 0.4) is 0 Å². The fourth-order valence-electron chi connectivity index (χ4n) is 1.98. The number of amides is 2. The number of aliphatic carboxylic acids is 1. The van der Waals surface area contributed by atoms with Crippen molar-refractivity contribution in [3.8, 4) is 0 Å². The van der Waals surface area contributed by atoms with Gasteiger partial charge in [-0.05, 0) is 30.7 Å². The third-order valence-electron chi connectivity index (χ3n) is 3.35. The summed E-state index contributed by atoms with van der Waals surface area (Å²) in [5, 5.41) is 24.3. The average molecular weight is 373 g/mol. The summed E-state index contributed by atoms with van der Waals surface area (Å²) in [6.45, 7) is 1.25. The molecule has 1 aromatic heterocycles. The summed E-state index contributed by atoms with van der Waals surface area (Å²) in [6.07, 6.45) is 2.46. The Morgan fingerprint density at radius 3 is 2.59 bits per heavy atom. The van der Waals surface area contributed by atoms with Gasteiger partial charge < -0.3 is 20.2 Å². The van der Waals surface area contributed by atoms with Crippen molar-refractivity contribution in [3.63, 3.8) is 0 Å². The smallest absolute Gasteiger partial charge is 0.325 e. The number of non-ortho nitro benzene ring substituents is 1. The lowest BCUT2D eigenvalue weighted by Crippen LogP contribution is -2.42. The van der Waals surface area contributed by atoms with Crippen molar-refractivity contribution >= 4 is 29.5 Å². The number of hydrogen-bond acceptors (Lipinski definition) is 6. The molecule has 0 aliphatic carbocycles. The molecule has 2 aromatic rings. The highest BCUT2D eigenvalue weighted by Crippen LogP contribution is 2.15. The van der Waals surface area contributed by atoms with Crippen LogP contribution < -0.4 is 10.6 Å². The Bertz CT molecular complexity index is 903. The Kier molecular flexibility index (Phi) is 6.05. The van der Waals surface area contributed by atoms with Crippen LogP contribution in [0.2, 0.25) is 0 Å². The molecular weight excluding hydrogens is 358 g/mol. The summed E-state index contributed by atoms with van der Waals surface area (Å²) in [5.74, 6) is -2.96. The van der Waals surface area contributed by atoms with Crippen LogP contribution in [-0.4, -0.2) is 33.9 Å². The van der Waals surface area contributed by atoms with Crippen LogP contribution in [0.1, 0.15) is 23.0 Å². The monoisotopic (exact) mass is 373 g/mol. The molecule has 10 heteroatoms. The van der Waals surface area contributed by atoms with Gasteiger partial charge in [-0.25, -0.2) is 0 Å². The largest absolute Gasteiger partial charge is 0.480 e. The maximum atomic E-state index is 12.4. The minimum Gasteiger partial charge on any atom is -0.480 e. The number of carboxylic acids is 1. The standard InChI is InChI=1S/C17H15N3O7/c1-10(17(23)24)18-15(21)13(19-16(22)14-6-3-7-27-14)9-11-4-2-5-12(8-11)20(25)26/h2-10H,1H3,(H,18,21)(H,19,22)(H,23,24)/b13-9-/t10-/m0/s1. The van der Waals surface area contributed by atoms with Crippen molar-refractivity contribution in [2.45, 2.75) is 13.0 Å². The van der Waals surface area contributed by atoms with Crippen LogP contribution in [0.25, 0.3) is 6.08 Å². The molecule has 0 aliphatic heterocycles. The first kappa shape index (κ1) is 19.4. The first-order valence-corrected chi connectivity index (χ1v) is 7.62. The highest BCUT2D eigenvalue weighted by atomic mass is 16.6. The predicted molar refractivity (Wildman–Crippen MR) is 92.5 cm³/mol. The minimum atomic E-state index is -1.27. The molecule has 10 nitrogen and oxygen atoms in total. The molecular formula is C17H15N3O7. The second-order valence-electron chi connectivity index (χ2n) is 5.37. The number of nitrogens with zero attached hydrogens (tertiary/aromatic N) is 1. The molecule has 3 N–H and O–H groups in total. The van der Waals surface area contributed by atoms with E-state index in [9.17, 15) is 24.5 Å². The maximum absolute atomic E-state index is 12.4. The Labute approximate surface area is 152 Å². The summed E-state index contributed by atoms with van der Waals surface area (Å²) in [7, 11) is 0. The molecule has 0 saturated heterocycles. The van der Waals surface area contributed by atoms with Crippen LogP contribution in [0.5, 0.6) is 0 Å². The van der Waals surface area contributed by atoms with E-state index in [1.54, 1.807) is 0 Å². The number of carbonyl (C=O) groups excluding carboxylic acids is 2. The van der Waals surface area contributed by atoms with Crippen molar-refractivity contribution in [1.29, 1.82) is 0 Å². The van der Waals surface area contributed by atoms with Gasteiger partial charge in [-0.15, -0.1) is 0 Å². The van der Waals surface area contributed by atoms with E-state index in [0.29, 0.717) is 0 Å². The van der Waals surface area contributed by atoms with Gasteiger partial charge in [0.25, 0.3) is 17.5 Å². The zero-order chi connectivity index (χ0) is 20.0. The summed E-state index contributed by atoms with van der Waals surface area (Å²) < 4.78 is 4.94. The minimum absolute atomic E-state index is 0.0703. The number of hydrogen-bond donors (Lipinski definition) is 3. The van der Waals surface area contributed by atoms with Crippen LogP contribution in [-0.2, 0) is 9.59 Å². The van der Waals surface area contributed by atoms with Crippen molar-refractivity contribution in [3.05, 3.63) is 69.8 Å². The lowest BCUT2D eigenvalue weighted by Gasteiger charge is -2.13. The van der Waals surface area contributed by atoms with Crippen LogP contribution in [0.4, 0.5) is 5.69 Å². The quantitative estimate of drug-likeness (QED) is 0.378. The van der Waals surface area contributed by atoms with Gasteiger partial charge in [0.05, 0.1) is 11.2 Å². The first-order valence-electron chi connectivity index (χ1n) is 7.62. The van der Waals surface area contributed by atoms with E-state index in [-0.39, 0.29) is 22.7 Å². The third-order valence-corrected chi connectivity index (χ3v) is 3.35. The number of carbonyl (C=O) groups is 3. The van der Waals surface area contributed by atoms with E-state index in [4.69, 9.17) is 9.52 Å². The van der Waals surface area contributed by atoms with Gasteiger partial charge in [0.1, 0.15) is 11.7 Å². The lowest BCUT2D eigenvalue weighted by molar-refractivity contribution is -0.384. The topological polar surface area (TPSA) is 152 Å². The first-order chi connectivity index (χ1) is 12.8. The molecule has 0 fully saturated rings. The van der Waals surface area contributed by atoms with Gasteiger partial charge in [-0.1, -0.05) is 12.1 Å². The van der Waals surface area contributed by atoms with Gasteiger partial charge in [-0.3, -0.25) is 24.5 Å². The van der Waals surface area contributed by atoms with E-state index < -0.39 is 28.7 Å². The number of nitro groups is 1. The number of furan rings is 1. The Morgan fingerprint density at radius 1 is 1.26 bits per heavy atom. The number of nitro benzene ring substituents is 1. The molecule has 0 saturated carbocycles. The van der Waals surface area contributed by atoms with Crippen LogP contribution in [0, 0.1) is 10.1 Å². The summed E-state index contributed by atoms with van der Waals surface area (Å²) in [6, 6.07) is 7.00. The van der Waals surface area contributed by atoms with Crippen LogP contribution >= 0.6 is 0 Å². The van der Waals surface area contributed by atoms with Gasteiger partial charge in [0.2, 0.25) is 0 Å². The van der Waals surface area contributed by atoms with E-state index in [2.05, 4.69) is 10.6 Å². The van der Waals surface area contributed by atoms with E-state index >= 15 is 0 Å². The molecule has 0 aliphatic rings. The molecule has 0 unspecified atom stereocenters. The Morgan fingerprint density at radius 2 is 2.00 bits per heavy atom. The normalized spacial score (nSPS) is 12.1. The third kappa shape index (κ3) is 5.26. The SMILES string of the molecule is C[C@H](NC(=O)/C(=C/c1cccc([N+](=O)[O-])c1)NC(=O)c1ccco1)C(=O)O. The molecule has 1 heterocycles. The zero-order valence-electron chi connectivity index (χ0n) is 14.0. The number of rotatable bonds is 7. The second-order valence-corrected chi connectivity index (χ2v) is 5.37. The molecule has 2 amide bonds. The molecule has 1 atom stereocenters. The molecule has 0 bridgehead atoms. The predicted octanol–water partition coefficient (Wildman–Crippen LogP) is 1.55. The molecule has 27 heavy (non-hydrogen) atoms. The molecule has 1 aromatic carbocycles. The molecule has 0 spiro atoms. The summed E-state index contributed by atoms with van der Waals surface area (Å²) >= 11 is 0. The van der Waals surface area contributed by atoms with Crippen molar-refractivity contribution in [2.75, 3.05) is 0 Å². The van der Waals surface area contributed by atoms with Gasteiger partial charge in [0, 0.05) is 12.1 Å². The van der Waals surface area contributed by atoms with Gasteiger partial charge in [-0.2, -0.15) is 0 Å². The van der Waals surface area contributed by atoms with Crippen LogP contribution in [0.15, 0.2) is 52.8 Å². The second kappa shape index (κ2) is 8.43. The highest BCUT2D eigenvalue weighted by molar-refractivity contribution is 6.05. The summed E-state index contributed by atoms with van der Waals surface area (Å²) in [5.41, 5.74) is -0.248. The van der Waals surface area contributed by atoms with Crippen molar-refractivity contribution in [2.24, 2.45) is 0 Å². The zero-order valence-corrected chi connectivity index (χ0v) is 14.0. The fourth-order valence-corrected chi connectivity index (χ4v) is 1.98. The average Bonchev–Trinajstić information content (AvgIpc) is 3.16. The number of benzene rings is 1. The lowest BCUT2D eigenvalue weighted by atomic mass is 10.1. The molecule has 0 radical (unpaired) electrons. The highest BCUT2D eigenvalue weighted by Gasteiger charge is 2.20. The maximum Gasteiger partial charge on any atom is 0.325 e. The van der Waals surface area contributed by atoms with E-state index in [0.717, 1.165) is 0 Å². The van der Waals surface area contributed by atoms with Crippen molar-refractivity contribution < 1.29 is 28.8 Å². The van der Waals surface area contributed by atoms with Gasteiger partial charge >= 0.3 is 5.97 Å². The number of nitrogens with one attached hydrogen (secondary N) is 2. The van der Waals surface area contributed by atoms with Gasteiger partial charge in [0.15, 0.2) is 5.76 Å². The van der Waals surface area contributed by atoms with Crippen molar-refractivity contribution in [1.82, 2.24) is 10.6 Å². The molecule has 140 valence electrons. The van der Waals surface area contributed by atoms with E-state index in [1.165, 1.54) is 55.7 Å². The van der Waals surface area contributed by atoms with E-state index in [1.807, 2.05) is 0 Å². The summed E-state index contributed by atoms with van der Waals surface area (Å²) in [4.78, 5) is 45.7.